The van der Waals surface area contributed by atoms with Gasteiger partial charge in [0, 0.05) is 14.8 Å². The number of aromatic nitrogens is 2. The maximum Gasteiger partial charge on any atom is 0.322 e. The van der Waals surface area contributed by atoms with E-state index < -0.39 is 31.4 Å². The van der Waals surface area contributed by atoms with E-state index in [1.165, 1.54) is 0 Å². The molecule has 2 aromatic carbocycles. The Morgan fingerprint density at radius 3 is 2.52 bits per heavy atom. The van der Waals surface area contributed by atoms with Gasteiger partial charge in [-0.05, 0) is 59.3 Å². The summed E-state index contributed by atoms with van der Waals surface area (Å²) < 4.78 is 53.3. The van der Waals surface area contributed by atoms with E-state index in [0.29, 0.717) is 17.0 Å². The predicted molar refractivity (Wildman–Crippen MR) is 107 cm³/mol. The SMILES string of the molecule is Cc1cc(I)ccc1Nc1c(-c2n[nH]c(=O)s2)cc(S(N)(=O)=O)c(F)c1F. The van der Waals surface area contributed by atoms with Crippen molar-refractivity contribution in [1.82, 2.24) is 10.2 Å². The molecule has 3 rings (SSSR count). The van der Waals surface area contributed by atoms with Gasteiger partial charge < -0.3 is 5.32 Å². The highest BCUT2D eigenvalue weighted by molar-refractivity contribution is 14.1. The zero-order valence-electron chi connectivity index (χ0n) is 13.5. The third kappa shape index (κ3) is 4.02. The first-order valence-corrected chi connectivity index (χ1v) is 10.7. The number of hydrogen-bond acceptors (Lipinski definition) is 6. The number of nitrogens with two attached hydrogens (primary N) is 1. The average Bonchev–Trinajstić information content (AvgIpc) is 2.99. The summed E-state index contributed by atoms with van der Waals surface area (Å²) in [6.07, 6.45) is 0. The molecular formula is C15H11F2IN4O3S2. The van der Waals surface area contributed by atoms with Gasteiger partial charge in [-0.25, -0.2) is 27.4 Å². The maximum atomic E-state index is 14.8. The van der Waals surface area contributed by atoms with Crippen molar-refractivity contribution in [1.29, 1.82) is 0 Å². The van der Waals surface area contributed by atoms with E-state index in [4.69, 9.17) is 5.14 Å². The molecule has 0 aliphatic rings. The second-order valence-electron chi connectivity index (χ2n) is 5.47. The molecule has 0 atom stereocenters. The molecule has 0 amide bonds. The van der Waals surface area contributed by atoms with Crippen molar-refractivity contribution in [3.63, 3.8) is 0 Å². The quantitative estimate of drug-likeness (QED) is 0.454. The highest BCUT2D eigenvalue weighted by Gasteiger charge is 2.26. The predicted octanol–water partition coefficient (Wildman–Crippen LogP) is 3.08. The molecule has 7 nitrogen and oxygen atoms in total. The summed E-state index contributed by atoms with van der Waals surface area (Å²) in [6, 6.07) is 6.10. The standard InChI is InChI=1S/C15H11F2IN4O3S2/c1-6-4-7(18)2-3-9(6)20-13-8(14-21-22-15(23)26-14)5-10(27(19,24)25)11(16)12(13)17/h2-5,20H,1H3,(H,22,23)(H2,19,24,25). The van der Waals surface area contributed by atoms with Crippen molar-refractivity contribution >= 4 is 55.3 Å². The normalized spacial score (nSPS) is 11.6. The van der Waals surface area contributed by atoms with Crippen LogP contribution in [0.2, 0.25) is 0 Å². The molecule has 0 aliphatic carbocycles. The second-order valence-corrected chi connectivity index (χ2v) is 9.21. The molecule has 1 heterocycles. The maximum absolute atomic E-state index is 14.8. The minimum Gasteiger partial charge on any atom is -0.352 e. The summed E-state index contributed by atoms with van der Waals surface area (Å²) in [5.74, 6) is -3.06. The Morgan fingerprint density at radius 1 is 1.26 bits per heavy atom. The molecule has 4 N–H and O–H groups in total. The van der Waals surface area contributed by atoms with Crippen LogP contribution in [0.15, 0.2) is 34.0 Å². The monoisotopic (exact) mass is 524 g/mol. The Hall–Kier alpha value is -1.90. The van der Waals surface area contributed by atoms with Crippen LogP contribution in [0.1, 0.15) is 5.56 Å². The van der Waals surface area contributed by atoms with Crippen molar-refractivity contribution in [2.45, 2.75) is 11.8 Å². The lowest BCUT2D eigenvalue weighted by Crippen LogP contribution is -2.16. The summed E-state index contributed by atoms with van der Waals surface area (Å²) in [4.78, 5) is 9.86. The number of nitrogens with one attached hydrogen (secondary N) is 2. The fourth-order valence-electron chi connectivity index (χ4n) is 2.35. The van der Waals surface area contributed by atoms with Gasteiger partial charge in [0.2, 0.25) is 10.0 Å². The van der Waals surface area contributed by atoms with Crippen LogP contribution in [0.5, 0.6) is 0 Å². The number of halogens is 3. The van der Waals surface area contributed by atoms with Crippen LogP contribution in [0.25, 0.3) is 10.6 Å². The molecule has 0 fully saturated rings. The number of H-pyrrole nitrogens is 1. The van der Waals surface area contributed by atoms with Crippen LogP contribution >= 0.6 is 33.9 Å². The fraction of sp³-hybridized carbons (Fsp3) is 0.0667. The number of aryl methyl sites for hydroxylation is 1. The first-order chi connectivity index (χ1) is 12.6. The number of anilines is 2. The topological polar surface area (TPSA) is 118 Å². The highest BCUT2D eigenvalue weighted by Crippen LogP contribution is 2.37. The Bertz CT molecular complexity index is 1210. The summed E-state index contributed by atoms with van der Waals surface area (Å²) in [5.41, 5.74) is 0.755. The fourth-order valence-corrected chi connectivity index (χ4v) is 4.25. The molecule has 0 radical (unpaired) electrons. The number of rotatable bonds is 4. The van der Waals surface area contributed by atoms with Crippen LogP contribution in [0.4, 0.5) is 20.2 Å². The van der Waals surface area contributed by atoms with Crippen molar-refractivity contribution in [3.05, 3.63) is 54.7 Å². The minimum absolute atomic E-state index is 0.0190. The summed E-state index contributed by atoms with van der Waals surface area (Å²) in [7, 11) is -4.54. The van der Waals surface area contributed by atoms with Gasteiger partial charge in [-0.3, -0.25) is 4.79 Å². The van der Waals surface area contributed by atoms with Crippen molar-refractivity contribution in [3.8, 4) is 10.6 Å². The third-order valence-electron chi connectivity index (χ3n) is 3.60. The minimum atomic E-state index is -4.54. The van der Waals surface area contributed by atoms with Crippen molar-refractivity contribution in [2.24, 2.45) is 5.14 Å². The lowest BCUT2D eigenvalue weighted by atomic mass is 10.1. The lowest BCUT2D eigenvalue weighted by Gasteiger charge is -2.16. The summed E-state index contributed by atoms with van der Waals surface area (Å²) in [5, 5.41) is 13.6. The van der Waals surface area contributed by atoms with Crippen LogP contribution in [-0.4, -0.2) is 18.6 Å². The zero-order chi connectivity index (χ0) is 19.9. The molecule has 0 spiro atoms. The van der Waals surface area contributed by atoms with Gasteiger partial charge in [0.25, 0.3) is 0 Å². The van der Waals surface area contributed by atoms with Crippen LogP contribution in [0, 0.1) is 22.1 Å². The van der Waals surface area contributed by atoms with E-state index in [9.17, 15) is 22.0 Å². The number of sulfonamides is 1. The number of benzene rings is 2. The molecule has 1 aromatic heterocycles. The van der Waals surface area contributed by atoms with E-state index >= 15 is 0 Å². The molecule has 27 heavy (non-hydrogen) atoms. The number of nitrogens with zero attached hydrogens (tertiary/aromatic N) is 1. The molecule has 142 valence electrons. The smallest absolute Gasteiger partial charge is 0.322 e. The molecule has 12 heteroatoms. The first-order valence-electron chi connectivity index (χ1n) is 7.22. The van der Waals surface area contributed by atoms with Crippen LogP contribution in [0.3, 0.4) is 0 Å². The van der Waals surface area contributed by atoms with E-state index in [1.54, 1.807) is 19.1 Å². The number of primary sulfonamides is 1. The molecule has 0 bridgehead atoms. The molecule has 0 unspecified atom stereocenters. The van der Waals surface area contributed by atoms with Gasteiger partial charge in [0.15, 0.2) is 16.6 Å². The van der Waals surface area contributed by atoms with E-state index in [1.807, 2.05) is 6.07 Å². The van der Waals surface area contributed by atoms with Crippen LogP contribution in [-0.2, 0) is 10.0 Å². The van der Waals surface area contributed by atoms with Crippen molar-refractivity contribution in [2.75, 3.05) is 5.32 Å². The van der Waals surface area contributed by atoms with Crippen LogP contribution < -0.4 is 15.3 Å². The third-order valence-corrected chi connectivity index (χ3v) is 5.96. The Kier molecular flexibility index (Phi) is 5.33. The Labute approximate surface area is 169 Å². The van der Waals surface area contributed by atoms with Gasteiger partial charge in [-0.2, -0.15) is 5.10 Å². The molecule has 3 aromatic rings. The molecule has 0 aliphatic heterocycles. The number of aromatic amines is 1. The largest absolute Gasteiger partial charge is 0.352 e. The number of hydrogen-bond donors (Lipinski definition) is 3. The van der Waals surface area contributed by atoms with E-state index in [2.05, 4.69) is 38.1 Å². The molecule has 0 saturated heterocycles. The summed E-state index contributed by atoms with van der Waals surface area (Å²) >= 11 is 2.73. The van der Waals surface area contributed by atoms with Gasteiger partial charge in [-0.15, -0.1) is 0 Å². The van der Waals surface area contributed by atoms with Gasteiger partial charge in [-0.1, -0.05) is 11.3 Å². The first kappa shape index (κ1) is 19.9. The molecule has 0 saturated carbocycles. The summed E-state index contributed by atoms with van der Waals surface area (Å²) in [6.45, 7) is 1.77. The lowest BCUT2D eigenvalue weighted by molar-refractivity contribution is 0.488. The second kappa shape index (κ2) is 7.26. The highest BCUT2D eigenvalue weighted by atomic mass is 127. The average molecular weight is 524 g/mol. The molecular weight excluding hydrogens is 513 g/mol. The van der Waals surface area contributed by atoms with Gasteiger partial charge in [0.05, 0.1) is 5.69 Å². The van der Waals surface area contributed by atoms with Gasteiger partial charge in [0.1, 0.15) is 4.90 Å². The van der Waals surface area contributed by atoms with Gasteiger partial charge >= 0.3 is 4.87 Å². The Balaban J connectivity index is 2.28. The zero-order valence-corrected chi connectivity index (χ0v) is 17.3. The van der Waals surface area contributed by atoms with Crippen molar-refractivity contribution < 1.29 is 17.2 Å². The van der Waals surface area contributed by atoms with E-state index in [0.717, 1.165) is 15.2 Å². The Morgan fingerprint density at radius 2 is 1.96 bits per heavy atom. The van der Waals surface area contributed by atoms with E-state index in [-0.39, 0.29) is 16.3 Å².